The van der Waals surface area contributed by atoms with Crippen molar-refractivity contribution in [3.05, 3.63) is 69.5 Å². The number of carbonyl (C=O) groups is 2. The van der Waals surface area contributed by atoms with Gasteiger partial charge in [-0.1, -0.05) is 23.7 Å². The minimum atomic E-state index is -0.541. The Kier molecular flexibility index (Phi) is 2.31. The summed E-state index contributed by atoms with van der Waals surface area (Å²) in [6.45, 7) is 0. The van der Waals surface area contributed by atoms with Gasteiger partial charge in [0.15, 0.2) is 11.6 Å². The largest absolute Gasteiger partial charge is 0.289 e. The average Bonchev–Trinajstić information content (AvgIpc) is 2.35. The molecule has 0 fully saturated rings. The Balaban J connectivity index is 2.35. The molecule has 0 saturated heterocycles. The van der Waals surface area contributed by atoms with Crippen molar-refractivity contribution in [3.63, 3.8) is 0 Å². The molecule has 18 heavy (non-hydrogen) atoms. The fourth-order valence-corrected chi connectivity index (χ4v) is 2.39. The molecule has 0 radical (unpaired) electrons. The van der Waals surface area contributed by atoms with Crippen LogP contribution in [0, 0.1) is 5.82 Å². The van der Waals surface area contributed by atoms with E-state index in [1.54, 1.807) is 12.1 Å². The Hall–Kier alpha value is -2.00. The third-order valence-corrected chi connectivity index (χ3v) is 3.27. The van der Waals surface area contributed by atoms with Gasteiger partial charge in [0, 0.05) is 16.7 Å². The summed E-state index contributed by atoms with van der Waals surface area (Å²) in [4.78, 5) is 24.4. The van der Waals surface area contributed by atoms with E-state index in [-0.39, 0.29) is 38.8 Å². The second-order valence-corrected chi connectivity index (χ2v) is 4.42. The van der Waals surface area contributed by atoms with Gasteiger partial charge in [-0.15, -0.1) is 0 Å². The molecule has 2 aromatic carbocycles. The Morgan fingerprint density at radius 3 is 2.44 bits per heavy atom. The minimum Gasteiger partial charge on any atom is -0.289 e. The van der Waals surface area contributed by atoms with E-state index in [0.717, 1.165) is 12.1 Å². The quantitative estimate of drug-likeness (QED) is 0.622. The van der Waals surface area contributed by atoms with E-state index >= 15 is 0 Å². The Morgan fingerprint density at radius 1 is 0.889 bits per heavy atom. The Morgan fingerprint density at radius 2 is 1.67 bits per heavy atom. The van der Waals surface area contributed by atoms with Crippen LogP contribution < -0.4 is 0 Å². The van der Waals surface area contributed by atoms with Crippen molar-refractivity contribution in [2.45, 2.75) is 0 Å². The zero-order valence-electron chi connectivity index (χ0n) is 9.04. The lowest BCUT2D eigenvalue weighted by Crippen LogP contribution is -2.21. The van der Waals surface area contributed by atoms with Gasteiger partial charge < -0.3 is 0 Å². The molecule has 0 unspecified atom stereocenters. The van der Waals surface area contributed by atoms with Crippen molar-refractivity contribution < 1.29 is 14.0 Å². The Labute approximate surface area is 107 Å². The van der Waals surface area contributed by atoms with E-state index in [1.807, 2.05) is 0 Å². The van der Waals surface area contributed by atoms with Crippen molar-refractivity contribution >= 4 is 23.2 Å². The first-order chi connectivity index (χ1) is 8.59. The SMILES string of the molecule is O=C1c2cc(F)ccc2C(=O)c2c(Cl)cccc21. The van der Waals surface area contributed by atoms with E-state index in [4.69, 9.17) is 11.6 Å². The van der Waals surface area contributed by atoms with Crippen LogP contribution in [0.1, 0.15) is 31.8 Å². The minimum absolute atomic E-state index is 0.0924. The molecule has 3 rings (SSSR count). The van der Waals surface area contributed by atoms with E-state index in [1.165, 1.54) is 12.1 Å². The highest BCUT2D eigenvalue weighted by Gasteiger charge is 2.31. The number of fused-ring (bicyclic) bond motifs is 2. The monoisotopic (exact) mass is 260 g/mol. The molecule has 1 aliphatic carbocycles. The second kappa shape index (κ2) is 3.75. The first-order valence-electron chi connectivity index (χ1n) is 5.27. The van der Waals surface area contributed by atoms with Gasteiger partial charge >= 0.3 is 0 Å². The maximum atomic E-state index is 13.2. The standard InChI is InChI=1S/C14H6ClFO2/c15-11-3-1-2-9-12(11)14(18)8-5-4-7(16)6-10(8)13(9)17/h1-6H. The molecular weight excluding hydrogens is 255 g/mol. The number of rotatable bonds is 0. The van der Waals surface area contributed by atoms with Crippen molar-refractivity contribution in [2.24, 2.45) is 0 Å². The summed E-state index contributed by atoms with van der Waals surface area (Å²) in [7, 11) is 0. The molecule has 0 heterocycles. The normalized spacial score (nSPS) is 13.2. The van der Waals surface area contributed by atoms with Crippen LogP contribution in [0.3, 0.4) is 0 Å². The van der Waals surface area contributed by atoms with Gasteiger partial charge in [-0.05, 0) is 24.3 Å². The molecule has 0 spiro atoms. The summed E-state index contributed by atoms with van der Waals surface area (Å²) < 4.78 is 13.2. The number of halogens is 2. The zero-order chi connectivity index (χ0) is 12.9. The highest BCUT2D eigenvalue weighted by Crippen LogP contribution is 2.31. The van der Waals surface area contributed by atoms with Crippen molar-refractivity contribution in [1.82, 2.24) is 0 Å². The van der Waals surface area contributed by atoms with Gasteiger partial charge in [-0.2, -0.15) is 0 Å². The average molecular weight is 261 g/mol. The fourth-order valence-electron chi connectivity index (χ4n) is 2.13. The van der Waals surface area contributed by atoms with Gasteiger partial charge in [0.1, 0.15) is 5.82 Å². The van der Waals surface area contributed by atoms with Crippen LogP contribution >= 0.6 is 11.6 Å². The fraction of sp³-hybridized carbons (Fsp3) is 0. The van der Waals surface area contributed by atoms with E-state index in [2.05, 4.69) is 0 Å². The molecule has 2 nitrogen and oxygen atoms in total. The van der Waals surface area contributed by atoms with Crippen molar-refractivity contribution in [1.29, 1.82) is 0 Å². The van der Waals surface area contributed by atoms with Crippen LogP contribution in [0.25, 0.3) is 0 Å². The summed E-state index contributed by atoms with van der Waals surface area (Å²) in [6.07, 6.45) is 0. The molecule has 88 valence electrons. The van der Waals surface area contributed by atoms with E-state index in [9.17, 15) is 14.0 Å². The lowest BCUT2D eigenvalue weighted by molar-refractivity contribution is 0.0979. The third-order valence-electron chi connectivity index (χ3n) is 2.96. The summed E-state index contributed by atoms with van der Waals surface area (Å²) in [5.41, 5.74) is 0.714. The Bertz CT molecular complexity index is 703. The first kappa shape index (κ1) is 11.1. The van der Waals surface area contributed by atoms with Crippen molar-refractivity contribution in [2.75, 3.05) is 0 Å². The second-order valence-electron chi connectivity index (χ2n) is 4.01. The molecule has 0 N–H and O–H groups in total. The number of hydrogen-bond donors (Lipinski definition) is 0. The number of benzene rings is 2. The number of hydrogen-bond acceptors (Lipinski definition) is 2. The summed E-state index contributed by atoms with van der Waals surface area (Å²) in [6, 6.07) is 8.23. The van der Waals surface area contributed by atoms with E-state index < -0.39 is 5.82 Å². The number of carbonyl (C=O) groups excluding carboxylic acids is 2. The van der Waals surface area contributed by atoms with Crippen LogP contribution in [0.15, 0.2) is 36.4 Å². The molecule has 1 aliphatic rings. The molecule has 4 heteroatoms. The van der Waals surface area contributed by atoms with Gasteiger partial charge in [-0.25, -0.2) is 4.39 Å². The van der Waals surface area contributed by atoms with Crippen LogP contribution in [0.4, 0.5) is 4.39 Å². The van der Waals surface area contributed by atoms with Crippen LogP contribution in [0.2, 0.25) is 5.02 Å². The molecule has 0 amide bonds. The van der Waals surface area contributed by atoms with Gasteiger partial charge in [0.2, 0.25) is 0 Å². The third kappa shape index (κ3) is 1.41. The summed E-state index contributed by atoms with van der Waals surface area (Å²) >= 11 is 5.95. The highest BCUT2D eigenvalue weighted by atomic mass is 35.5. The van der Waals surface area contributed by atoms with Crippen LogP contribution in [0.5, 0.6) is 0 Å². The predicted molar refractivity (Wildman–Crippen MR) is 64.7 cm³/mol. The van der Waals surface area contributed by atoms with Gasteiger partial charge in [0.05, 0.1) is 10.6 Å². The van der Waals surface area contributed by atoms with Gasteiger partial charge in [-0.3, -0.25) is 9.59 Å². The molecular formula is C14H6ClFO2. The maximum Gasteiger partial charge on any atom is 0.196 e. The molecule has 2 aromatic rings. The molecule has 0 atom stereocenters. The smallest absolute Gasteiger partial charge is 0.196 e. The highest BCUT2D eigenvalue weighted by molar-refractivity contribution is 6.39. The van der Waals surface area contributed by atoms with Gasteiger partial charge in [0.25, 0.3) is 0 Å². The van der Waals surface area contributed by atoms with Crippen LogP contribution in [-0.2, 0) is 0 Å². The summed E-state index contributed by atoms with van der Waals surface area (Å²) in [5, 5.41) is 0.237. The maximum absolute atomic E-state index is 13.2. The molecule has 0 aromatic heterocycles. The number of ketones is 2. The van der Waals surface area contributed by atoms with Crippen molar-refractivity contribution in [3.8, 4) is 0 Å². The lowest BCUT2D eigenvalue weighted by atomic mass is 9.84. The van der Waals surface area contributed by atoms with E-state index in [0.29, 0.717) is 0 Å². The first-order valence-corrected chi connectivity index (χ1v) is 5.65. The molecule has 0 aliphatic heterocycles. The topological polar surface area (TPSA) is 34.1 Å². The predicted octanol–water partition coefficient (Wildman–Crippen LogP) is 3.25. The zero-order valence-corrected chi connectivity index (χ0v) is 9.79. The molecule has 0 saturated carbocycles. The summed E-state index contributed by atoms with van der Waals surface area (Å²) in [5.74, 6) is -1.26. The molecule has 0 bridgehead atoms. The van der Waals surface area contributed by atoms with Crippen LogP contribution in [-0.4, -0.2) is 11.6 Å². The lowest BCUT2D eigenvalue weighted by Gasteiger charge is -2.18.